The van der Waals surface area contributed by atoms with Gasteiger partial charge >= 0.3 is 0 Å². The molecule has 0 spiro atoms. The van der Waals surface area contributed by atoms with E-state index < -0.39 is 11.9 Å². The third kappa shape index (κ3) is 3.90. The molecule has 9 nitrogen and oxygen atoms in total. The van der Waals surface area contributed by atoms with Crippen molar-refractivity contribution in [3.8, 4) is 17.0 Å². The van der Waals surface area contributed by atoms with Crippen molar-refractivity contribution in [1.82, 2.24) is 24.9 Å². The fourth-order valence-corrected chi connectivity index (χ4v) is 4.37. The molecule has 35 heavy (non-hydrogen) atoms. The first-order valence-electron chi connectivity index (χ1n) is 11.6. The highest BCUT2D eigenvalue weighted by atomic mass is 19.1. The maximum atomic E-state index is 14.1. The Balaban J connectivity index is 1.50. The molecular formula is C25H24FN7O2. The fraction of sp³-hybridized carbons (Fsp3) is 0.280. The van der Waals surface area contributed by atoms with Crippen molar-refractivity contribution in [2.45, 2.75) is 38.3 Å². The molecule has 0 radical (unpaired) electrons. The number of pyridine rings is 1. The van der Waals surface area contributed by atoms with E-state index in [0.29, 0.717) is 39.9 Å². The lowest BCUT2D eigenvalue weighted by atomic mass is 10.0. The number of nitrogens with two attached hydrogens (primary N) is 1. The van der Waals surface area contributed by atoms with E-state index in [4.69, 9.17) is 15.5 Å². The third-order valence-corrected chi connectivity index (χ3v) is 6.38. The molecule has 3 aromatic heterocycles. The summed E-state index contributed by atoms with van der Waals surface area (Å²) in [6, 6.07) is 9.62. The number of carbonyl (C=O) groups excluding carboxylic acids is 1. The molecule has 2 bridgehead atoms. The first kappa shape index (κ1) is 21.3. The second-order valence-corrected chi connectivity index (χ2v) is 9.02. The Morgan fingerprint density at radius 2 is 1.97 bits per heavy atom. The van der Waals surface area contributed by atoms with Gasteiger partial charge in [-0.3, -0.25) is 4.79 Å². The molecule has 1 aliphatic carbocycles. The number of aromatic nitrogens is 4. The van der Waals surface area contributed by atoms with Crippen LogP contribution in [0.5, 0.6) is 5.88 Å². The highest BCUT2D eigenvalue weighted by Gasteiger charge is 2.25. The van der Waals surface area contributed by atoms with Gasteiger partial charge in [0.15, 0.2) is 5.65 Å². The number of ether oxygens (including phenoxy) is 1. The molecule has 2 aliphatic rings. The SMILES string of the molecule is CC1CNC(=O)c2cnn3c(N)c(-c4ccc(C5CC5)cc4)c(nc23)NCc2cc(F)cnc2O1. The van der Waals surface area contributed by atoms with E-state index >= 15 is 0 Å². The van der Waals surface area contributed by atoms with E-state index in [-0.39, 0.29) is 24.9 Å². The number of nitrogens with zero attached hydrogens (tertiary/aromatic N) is 4. The zero-order valence-electron chi connectivity index (χ0n) is 19.1. The monoisotopic (exact) mass is 473 g/mol. The molecule has 1 aromatic carbocycles. The van der Waals surface area contributed by atoms with Crippen LogP contribution in [0.1, 0.15) is 47.2 Å². The van der Waals surface area contributed by atoms with Gasteiger partial charge in [-0.05, 0) is 42.9 Å². The standard InChI is InChI=1S/C25H24FN7O2/c1-13-9-29-24(34)19-12-31-33-21(27)20(16-6-4-15(5-7-16)14-2-3-14)22(32-23(19)33)28-10-17-8-18(26)11-30-25(17)35-13/h4-8,11-14H,2-3,9-10,27H2,1H3,(H,28,32)(H,29,34). The number of halogens is 1. The van der Waals surface area contributed by atoms with Crippen LogP contribution in [0.3, 0.4) is 0 Å². The summed E-state index contributed by atoms with van der Waals surface area (Å²) < 4.78 is 21.4. The van der Waals surface area contributed by atoms with Gasteiger partial charge in [0.2, 0.25) is 5.88 Å². The van der Waals surface area contributed by atoms with Crippen LogP contribution in [0.25, 0.3) is 16.8 Å². The summed E-state index contributed by atoms with van der Waals surface area (Å²) in [4.78, 5) is 21.8. The van der Waals surface area contributed by atoms with Crippen LogP contribution in [-0.2, 0) is 6.54 Å². The van der Waals surface area contributed by atoms with E-state index in [1.165, 1.54) is 35.2 Å². The van der Waals surface area contributed by atoms with Crippen LogP contribution in [0.15, 0.2) is 42.7 Å². The molecule has 0 saturated heterocycles. The van der Waals surface area contributed by atoms with E-state index in [2.05, 4.69) is 32.8 Å². The van der Waals surface area contributed by atoms with Crippen molar-refractivity contribution < 1.29 is 13.9 Å². The van der Waals surface area contributed by atoms with Crippen LogP contribution in [0, 0.1) is 5.82 Å². The number of hydrogen-bond donors (Lipinski definition) is 3. The number of nitrogen functional groups attached to an aromatic ring is 1. The van der Waals surface area contributed by atoms with Gasteiger partial charge in [0, 0.05) is 12.1 Å². The molecule has 1 fully saturated rings. The molecule has 6 rings (SSSR count). The summed E-state index contributed by atoms with van der Waals surface area (Å²) in [6.07, 6.45) is 4.59. The second kappa shape index (κ2) is 8.23. The summed E-state index contributed by atoms with van der Waals surface area (Å²) in [7, 11) is 0. The number of rotatable bonds is 2. The molecule has 10 heteroatoms. The van der Waals surface area contributed by atoms with Crippen molar-refractivity contribution in [2.24, 2.45) is 0 Å². The molecule has 4 N–H and O–H groups in total. The lowest BCUT2D eigenvalue weighted by molar-refractivity contribution is 0.0932. The predicted octanol–water partition coefficient (Wildman–Crippen LogP) is 3.51. The maximum Gasteiger partial charge on any atom is 0.256 e. The normalized spacial score (nSPS) is 18.0. The number of fused-ring (bicyclic) bond motifs is 2. The molecule has 1 atom stereocenters. The van der Waals surface area contributed by atoms with Gasteiger partial charge in [0.1, 0.15) is 29.1 Å². The van der Waals surface area contributed by atoms with Gasteiger partial charge in [0.05, 0.1) is 24.5 Å². The molecule has 1 aliphatic heterocycles. The van der Waals surface area contributed by atoms with Crippen molar-refractivity contribution >= 4 is 23.2 Å². The minimum Gasteiger partial charge on any atom is -0.473 e. The lowest BCUT2D eigenvalue weighted by Gasteiger charge is -2.18. The van der Waals surface area contributed by atoms with Gasteiger partial charge in [-0.1, -0.05) is 24.3 Å². The van der Waals surface area contributed by atoms with Crippen LogP contribution in [0.4, 0.5) is 16.0 Å². The number of benzene rings is 1. The van der Waals surface area contributed by atoms with Gasteiger partial charge in [-0.25, -0.2) is 14.4 Å². The van der Waals surface area contributed by atoms with Crippen molar-refractivity contribution in [2.75, 3.05) is 17.6 Å². The Morgan fingerprint density at radius 1 is 1.17 bits per heavy atom. The average molecular weight is 474 g/mol. The number of carbonyl (C=O) groups is 1. The van der Waals surface area contributed by atoms with Crippen LogP contribution >= 0.6 is 0 Å². The molecule has 4 heterocycles. The van der Waals surface area contributed by atoms with Crippen molar-refractivity contribution in [3.05, 3.63) is 65.2 Å². The summed E-state index contributed by atoms with van der Waals surface area (Å²) in [5.74, 6) is 0.881. The van der Waals surface area contributed by atoms with Crippen molar-refractivity contribution in [3.63, 3.8) is 0 Å². The first-order valence-corrected chi connectivity index (χ1v) is 11.6. The quantitative estimate of drug-likeness (QED) is 0.408. The Kier molecular flexibility index (Phi) is 5.01. The summed E-state index contributed by atoms with van der Waals surface area (Å²) in [5, 5.41) is 10.5. The van der Waals surface area contributed by atoms with Gasteiger partial charge in [-0.15, -0.1) is 0 Å². The Bertz CT molecular complexity index is 1450. The van der Waals surface area contributed by atoms with E-state index in [1.54, 1.807) is 6.92 Å². The smallest absolute Gasteiger partial charge is 0.256 e. The molecule has 1 unspecified atom stereocenters. The first-order chi connectivity index (χ1) is 17.0. The largest absolute Gasteiger partial charge is 0.473 e. The van der Waals surface area contributed by atoms with E-state index in [9.17, 15) is 9.18 Å². The van der Waals surface area contributed by atoms with Gasteiger partial charge in [0.25, 0.3) is 5.91 Å². The number of hydrogen-bond acceptors (Lipinski definition) is 7. The van der Waals surface area contributed by atoms with Crippen LogP contribution < -0.4 is 21.1 Å². The topological polar surface area (TPSA) is 119 Å². The molecular weight excluding hydrogens is 449 g/mol. The number of nitrogens with one attached hydrogen (secondary N) is 2. The Hall–Kier alpha value is -4.21. The molecule has 1 amide bonds. The summed E-state index contributed by atoms with van der Waals surface area (Å²) in [6.45, 7) is 2.21. The predicted molar refractivity (Wildman–Crippen MR) is 129 cm³/mol. The minimum absolute atomic E-state index is 0.188. The minimum atomic E-state index is -0.476. The van der Waals surface area contributed by atoms with Gasteiger partial charge < -0.3 is 21.1 Å². The number of amides is 1. The third-order valence-electron chi connectivity index (χ3n) is 6.38. The van der Waals surface area contributed by atoms with Crippen LogP contribution in [0.2, 0.25) is 0 Å². The molecule has 4 aromatic rings. The fourth-order valence-electron chi connectivity index (χ4n) is 4.37. The molecule has 1 saturated carbocycles. The van der Waals surface area contributed by atoms with E-state index in [1.807, 2.05) is 12.1 Å². The van der Waals surface area contributed by atoms with Crippen LogP contribution in [-0.4, -0.2) is 38.1 Å². The highest BCUT2D eigenvalue weighted by Crippen LogP contribution is 2.41. The highest BCUT2D eigenvalue weighted by molar-refractivity contribution is 6.01. The summed E-state index contributed by atoms with van der Waals surface area (Å²) in [5.41, 5.74) is 10.5. The Labute approximate surface area is 200 Å². The Morgan fingerprint density at radius 3 is 2.74 bits per heavy atom. The second-order valence-electron chi connectivity index (χ2n) is 9.02. The summed E-state index contributed by atoms with van der Waals surface area (Å²) >= 11 is 0. The maximum absolute atomic E-state index is 14.1. The zero-order valence-corrected chi connectivity index (χ0v) is 19.1. The average Bonchev–Trinajstić information content (AvgIpc) is 3.61. The van der Waals surface area contributed by atoms with Gasteiger partial charge in [-0.2, -0.15) is 9.61 Å². The number of anilines is 2. The molecule has 178 valence electrons. The lowest BCUT2D eigenvalue weighted by Crippen LogP contribution is -2.33. The van der Waals surface area contributed by atoms with Crippen molar-refractivity contribution in [1.29, 1.82) is 0 Å². The van der Waals surface area contributed by atoms with E-state index in [0.717, 1.165) is 11.8 Å². The zero-order chi connectivity index (χ0) is 24.1.